The average Bonchev–Trinajstić information content (AvgIpc) is 2.58. The first-order valence-corrected chi connectivity index (χ1v) is 6.39. The van der Waals surface area contributed by atoms with Gasteiger partial charge in [0.25, 0.3) is 0 Å². The molecule has 1 N–H and O–H groups in total. The Bertz CT molecular complexity index is 295. The van der Waals surface area contributed by atoms with E-state index in [0.717, 1.165) is 30.5 Å². The van der Waals surface area contributed by atoms with E-state index in [9.17, 15) is 0 Å². The van der Waals surface area contributed by atoms with E-state index in [1.807, 2.05) is 17.9 Å². The number of nitrogens with zero attached hydrogens (tertiary/aromatic N) is 2. The monoisotopic (exact) mass is 289 g/mol. The molecule has 0 saturated carbocycles. The van der Waals surface area contributed by atoms with E-state index in [1.165, 1.54) is 5.69 Å². The Morgan fingerprint density at radius 3 is 2.88 bits per heavy atom. The maximum atomic E-state index is 5.09. The Balaban J connectivity index is 2.68. The molecule has 0 spiro atoms. The van der Waals surface area contributed by atoms with Crippen LogP contribution in [0.2, 0.25) is 0 Å². The van der Waals surface area contributed by atoms with Gasteiger partial charge in [-0.05, 0) is 35.3 Å². The summed E-state index contributed by atoms with van der Waals surface area (Å²) in [5.41, 5.74) is 1.21. The molecule has 5 heteroatoms. The molecule has 1 heterocycles. The van der Waals surface area contributed by atoms with Crippen LogP contribution in [-0.4, -0.2) is 30.0 Å². The van der Waals surface area contributed by atoms with Crippen molar-refractivity contribution < 1.29 is 4.74 Å². The molecule has 0 fully saturated rings. The lowest BCUT2D eigenvalue weighted by atomic mass is 10.1. The number of aromatic nitrogens is 2. The van der Waals surface area contributed by atoms with E-state index < -0.39 is 0 Å². The van der Waals surface area contributed by atoms with Gasteiger partial charge in [0, 0.05) is 20.8 Å². The average molecular weight is 290 g/mol. The van der Waals surface area contributed by atoms with Crippen molar-refractivity contribution in [1.29, 1.82) is 0 Å². The van der Waals surface area contributed by atoms with E-state index in [4.69, 9.17) is 4.74 Å². The Kier molecular flexibility index (Phi) is 6.01. The predicted molar refractivity (Wildman–Crippen MR) is 68.4 cm³/mol. The third-order valence-electron chi connectivity index (χ3n) is 2.56. The van der Waals surface area contributed by atoms with Crippen LogP contribution in [0.1, 0.15) is 31.5 Å². The summed E-state index contributed by atoms with van der Waals surface area (Å²) in [6.07, 6.45) is 3.95. The second-order valence-electron chi connectivity index (χ2n) is 3.75. The molecule has 0 radical (unpaired) electrons. The predicted octanol–water partition coefficient (Wildman–Crippen LogP) is 2.26. The summed E-state index contributed by atoms with van der Waals surface area (Å²) >= 11 is 3.54. The highest BCUT2D eigenvalue weighted by atomic mass is 79.9. The van der Waals surface area contributed by atoms with Crippen LogP contribution in [0.25, 0.3) is 0 Å². The fourth-order valence-electron chi connectivity index (χ4n) is 1.83. The molecule has 0 amide bonds. The number of halogens is 1. The SMILES string of the molecule is CCNC(CCCOC)c1c(Br)cnn1C. The Hall–Kier alpha value is -0.390. The van der Waals surface area contributed by atoms with Gasteiger partial charge >= 0.3 is 0 Å². The van der Waals surface area contributed by atoms with E-state index in [0.29, 0.717) is 6.04 Å². The molecule has 1 rings (SSSR count). The zero-order valence-corrected chi connectivity index (χ0v) is 11.7. The van der Waals surface area contributed by atoms with Crippen LogP contribution in [-0.2, 0) is 11.8 Å². The largest absolute Gasteiger partial charge is 0.385 e. The van der Waals surface area contributed by atoms with Crippen molar-refractivity contribution in [2.45, 2.75) is 25.8 Å². The molecule has 92 valence electrons. The second-order valence-corrected chi connectivity index (χ2v) is 4.60. The van der Waals surface area contributed by atoms with Gasteiger partial charge in [-0.25, -0.2) is 0 Å². The summed E-state index contributed by atoms with van der Waals surface area (Å²) in [6, 6.07) is 0.335. The minimum Gasteiger partial charge on any atom is -0.385 e. The van der Waals surface area contributed by atoms with Crippen LogP contribution in [0.5, 0.6) is 0 Å². The molecule has 1 aromatic heterocycles. The highest BCUT2D eigenvalue weighted by Gasteiger charge is 2.17. The first-order valence-electron chi connectivity index (χ1n) is 5.60. The number of methoxy groups -OCH3 is 1. The van der Waals surface area contributed by atoms with Crippen molar-refractivity contribution >= 4 is 15.9 Å². The van der Waals surface area contributed by atoms with Gasteiger partial charge in [0.1, 0.15) is 0 Å². The van der Waals surface area contributed by atoms with Gasteiger partial charge in [-0.2, -0.15) is 5.10 Å². The molecule has 0 aromatic carbocycles. The van der Waals surface area contributed by atoms with Crippen LogP contribution in [0.3, 0.4) is 0 Å². The van der Waals surface area contributed by atoms with Crippen LogP contribution in [0, 0.1) is 0 Å². The van der Waals surface area contributed by atoms with Gasteiger partial charge in [-0.3, -0.25) is 4.68 Å². The number of aryl methyl sites for hydroxylation is 1. The summed E-state index contributed by atoms with van der Waals surface area (Å²) < 4.78 is 8.08. The molecule has 0 aliphatic carbocycles. The van der Waals surface area contributed by atoms with Crippen LogP contribution in [0.4, 0.5) is 0 Å². The third kappa shape index (κ3) is 3.57. The molecular weight excluding hydrogens is 270 g/mol. The summed E-state index contributed by atoms with van der Waals surface area (Å²) in [4.78, 5) is 0. The highest BCUT2D eigenvalue weighted by Crippen LogP contribution is 2.25. The molecular formula is C11H20BrN3O. The van der Waals surface area contributed by atoms with Crippen LogP contribution >= 0.6 is 15.9 Å². The Morgan fingerprint density at radius 1 is 1.62 bits per heavy atom. The van der Waals surface area contributed by atoms with E-state index >= 15 is 0 Å². The molecule has 1 atom stereocenters. The van der Waals surface area contributed by atoms with Crippen molar-refractivity contribution in [2.75, 3.05) is 20.3 Å². The van der Waals surface area contributed by atoms with Gasteiger partial charge in [0.15, 0.2) is 0 Å². The lowest BCUT2D eigenvalue weighted by molar-refractivity contribution is 0.188. The summed E-state index contributed by atoms with van der Waals surface area (Å²) in [6.45, 7) is 3.88. The zero-order valence-electron chi connectivity index (χ0n) is 10.2. The minimum absolute atomic E-state index is 0.335. The first kappa shape index (κ1) is 13.7. The zero-order chi connectivity index (χ0) is 12.0. The van der Waals surface area contributed by atoms with Crippen molar-refractivity contribution in [3.63, 3.8) is 0 Å². The van der Waals surface area contributed by atoms with E-state index in [1.54, 1.807) is 7.11 Å². The van der Waals surface area contributed by atoms with Gasteiger partial charge in [0.2, 0.25) is 0 Å². The van der Waals surface area contributed by atoms with Crippen molar-refractivity contribution in [1.82, 2.24) is 15.1 Å². The molecule has 0 aliphatic heterocycles. The standard InChI is InChI=1S/C11H20BrN3O/c1-4-13-10(6-5-7-16-3)11-9(12)8-14-15(11)2/h8,10,13H,4-7H2,1-3H3. The number of nitrogens with one attached hydrogen (secondary N) is 1. The number of hydrogen-bond donors (Lipinski definition) is 1. The molecule has 0 saturated heterocycles. The first-order chi connectivity index (χ1) is 7.70. The van der Waals surface area contributed by atoms with Gasteiger partial charge in [-0.15, -0.1) is 0 Å². The lowest BCUT2D eigenvalue weighted by Gasteiger charge is -2.18. The summed E-state index contributed by atoms with van der Waals surface area (Å²) in [7, 11) is 3.71. The van der Waals surface area contributed by atoms with Crippen molar-refractivity contribution in [3.05, 3.63) is 16.4 Å². The van der Waals surface area contributed by atoms with Crippen LogP contribution < -0.4 is 5.32 Å². The summed E-state index contributed by atoms with van der Waals surface area (Å²) in [5.74, 6) is 0. The maximum absolute atomic E-state index is 5.09. The van der Waals surface area contributed by atoms with Gasteiger partial charge < -0.3 is 10.1 Å². The fraction of sp³-hybridized carbons (Fsp3) is 0.727. The molecule has 1 aromatic rings. The van der Waals surface area contributed by atoms with Crippen molar-refractivity contribution in [3.8, 4) is 0 Å². The topological polar surface area (TPSA) is 39.1 Å². The van der Waals surface area contributed by atoms with Crippen molar-refractivity contribution in [2.24, 2.45) is 7.05 Å². The lowest BCUT2D eigenvalue weighted by Crippen LogP contribution is -2.24. The number of hydrogen-bond acceptors (Lipinski definition) is 3. The molecule has 1 unspecified atom stereocenters. The molecule has 0 bridgehead atoms. The number of rotatable bonds is 7. The smallest absolute Gasteiger partial charge is 0.0692 e. The normalized spacial score (nSPS) is 13.0. The third-order valence-corrected chi connectivity index (χ3v) is 3.17. The Morgan fingerprint density at radius 2 is 2.38 bits per heavy atom. The van der Waals surface area contributed by atoms with E-state index in [2.05, 4.69) is 33.3 Å². The maximum Gasteiger partial charge on any atom is 0.0692 e. The van der Waals surface area contributed by atoms with Crippen LogP contribution in [0.15, 0.2) is 10.7 Å². The number of ether oxygens (including phenoxy) is 1. The van der Waals surface area contributed by atoms with Gasteiger partial charge in [-0.1, -0.05) is 6.92 Å². The highest BCUT2D eigenvalue weighted by molar-refractivity contribution is 9.10. The second kappa shape index (κ2) is 7.04. The Labute approximate surface area is 105 Å². The van der Waals surface area contributed by atoms with Gasteiger partial charge in [0.05, 0.1) is 22.4 Å². The summed E-state index contributed by atoms with van der Waals surface area (Å²) in [5, 5.41) is 7.73. The van der Waals surface area contributed by atoms with E-state index in [-0.39, 0.29) is 0 Å². The molecule has 4 nitrogen and oxygen atoms in total. The molecule has 16 heavy (non-hydrogen) atoms. The molecule has 0 aliphatic rings. The minimum atomic E-state index is 0.335. The fourth-order valence-corrected chi connectivity index (χ4v) is 2.45. The quantitative estimate of drug-likeness (QED) is 0.783.